The fourth-order valence-electron chi connectivity index (χ4n) is 4.73. The molecule has 0 aliphatic carbocycles. The van der Waals surface area contributed by atoms with E-state index in [0.717, 1.165) is 19.2 Å². The molecule has 0 radical (unpaired) electrons. The number of rotatable bonds is 10. The number of carbonyl (C=O) groups is 3. The summed E-state index contributed by atoms with van der Waals surface area (Å²) >= 11 is 0. The molecule has 1 N–H and O–H groups in total. The molecule has 0 spiro atoms. The number of hydrogen-bond donors (Lipinski definition) is 1. The predicted octanol–water partition coefficient (Wildman–Crippen LogP) is 6.00. The molecule has 1 fully saturated rings. The maximum Gasteiger partial charge on any atom is 0.418 e. The van der Waals surface area contributed by atoms with Crippen molar-refractivity contribution in [3.05, 3.63) is 89.5 Å². The number of hydrogen-bond acceptors (Lipinski definition) is 7. The van der Waals surface area contributed by atoms with E-state index in [1.165, 1.54) is 60.5 Å². The summed E-state index contributed by atoms with van der Waals surface area (Å²) in [6.07, 6.45) is -3.67. The molecule has 2 amide bonds. The Bertz CT molecular complexity index is 1430. The molecule has 0 unspecified atom stereocenters. The third-order valence-corrected chi connectivity index (χ3v) is 6.81. The average Bonchev–Trinajstić information content (AvgIpc) is 3.49. The third-order valence-electron chi connectivity index (χ3n) is 6.81. The van der Waals surface area contributed by atoms with Gasteiger partial charge in [-0.25, -0.2) is 14.5 Å². The number of benzene rings is 3. The van der Waals surface area contributed by atoms with Crippen LogP contribution in [0.2, 0.25) is 0 Å². The highest BCUT2D eigenvalue weighted by molar-refractivity contribution is 6.00. The van der Waals surface area contributed by atoms with Crippen LogP contribution in [0.3, 0.4) is 0 Å². The summed E-state index contributed by atoms with van der Waals surface area (Å²) < 4.78 is 65.4. The Morgan fingerprint density at radius 2 is 1.67 bits per heavy atom. The first-order valence-corrected chi connectivity index (χ1v) is 13.2. The number of methoxy groups -OCH3 is 1. The van der Waals surface area contributed by atoms with Crippen LogP contribution in [0, 0.1) is 0 Å². The Hall–Kier alpha value is -4.49. The van der Waals surface area contributed by atoms with E-state index in [4.69, 9.17) is 9.57 Å². The molecule has 9 nitrogen and oxygen atoms in total. The Kier molecular flexibility index (Phi) is 9.99. The second kappa shape index (κ2) is 13.7. The first-order chi connectivity index (χ1) is 20.5. The fraction of sp³-hybridized carbons (Fsp3) is 0.300. The van der Waals surface area contributed by atoms with E-state index in [9.17, 15) is 27.6 Å². The number of hydroxylamine groups is 1. The van der Waals surface area contributed by atoms with Crippen LogP contribution in [0.1, 0.15) is 34.3 Å². The molecular weight excluding hydrogens is 574 g/mol. The van der Waals surface area contributed by atoms with E-state index < -0.39 is 42.0 Å². The van der Waals surface area contributed by atoms with Crippen molar-refractivity contribution in [1.82, 2.24) is 4.90 Å². The lowest BCUT2D eigenvalue weighted by Crippen LogP contribution is -2.44. The van der Waals surface area contributed by atoms with Gasteiger partial charge in [-0.3, -0.25) is 9.63 Å². The van der Waals surface area contributed by atoms with E-state index >= 15 is 4.39 Å². The van der Waals surface area contributed by atoms with Gasteiger partial charge in [-0.15, -0.1) is 0 Å². The summed E-state index contributed by atoms with van der Waals surface area (Å²) in [5.74, 6) is -0.576. The average molecular weight is 604 g/mol. The van der Waals surface area contributed by atoms with Crippen molar-refractivity contribution in [3.8, 4) is 5.75 Å². The van der Waals surface area contributed by atoms with Crippen LogP contribution < -0.4 is 15.1 Å². The minimum Gasteiger partial charge on any atom is -0.465 e. The number of likely N-dealkylation sites (tertiary alicyclic amines) is 1. The third kappa shape index (κ3) is 7.67. The minimum atomic E-state index is -4.71. The summed E-state index contributed by atoms with van der Waals surface area (Å²) in [5.41, 5.74) is -0.389. The van der Waals surface area contributed by atoms with E-state index in [0.29, 0.717) is 30.0 Å². The maximum atomic E-state index is 15.1. The van der Waals surface area contributed by atoms with Gasteiger partial charge in [0.1, 0.15) is 5.75 Å². The number of alkyl halides is 4. The number of anilines is 2. The molecular formula is C30H29F4N3O6. The van der Waals surface area contributed by atoms with Crippen LogP contribution in [-0.4, -0.2) is 56.0 Å². The molecule has 3 aromatic carbocycles. The van der Waals surface area contributed by atoms with E-state index in [-0.39, 0.29) is 29.2 Å². The summed E-state index contributed by atoms with van der Waals surface area (Å²) in [6.45, 7) is -1.57. The Morgan fingerprint density at radius 3 is 2.30 bits per heavy atom. The van der Waals surface area contributed by atoms with Gasteiger partial charge in [0, 0.05) is 18.7 Å². The molecule has 0 bridgehead atoms. The monoisotopic (exact) mass is 603 g/mol. The number of ketones is 1. The van der Waals surface area contributed by atoms with Crippen LogP contribution in [0.25, 0.3) is 0 Å². The van der Waals surface area contributed by atoms with E-state index in [1.807, 2.05) is 0 Å². The molecule has 2 atom stereocenters. The van der Waals surface area contributed by atoms with Crippen LogP contribution in [0.15, 0.2) is 72.8 Å². The Morgan fingerprint density at radius 1 is 1.00 bits per heavy atom. The zero-order valence-electron chi connectivity index (χ0n) is 23.3. The lowest BCUT2D eigenvalue weighted by atomic mass is 10.0. The molecule has 228 valence electrons. The second-order valence-corrected chi connectivity index (χ2v) is 9.58. The molecule has 1 aliphatic rings. The van der Waals surface area contributed by atoms with Crippen molar-refractivity contribution in [2.45, 2.75) is 38.0 Å². The lowest BCUT2D eigenvalue weighted by Gasteiger charge is -2.27. The van der Waals surface area contributed by atoms with Crippen molar-refractivity contribution in [1.29, 1.82) is 0 Å². The number of halogens is 4. The van der Waals surface area contributed by atoms with Crippen molar-refractivity contribution in [2.24, 2.45) is 0 Å². The van der Waals surface area contributed by atoms with Gasteiger partial charge in [0.2, 0.25) is 0 Å². The first-order valence-electron chi connectivity index (χ1n) is 13.2. The number of amides is 2. The van der Waals surface area contributed by atoms with Crippen LogP contribution >= 0.6 is 0 Å². The largest absolute Gasteiger partial charge is 0.465 e. The highest BCUT2D eigenvalue weighted by Crippen LogP contribution is 2.36. The smallest absolute Gasteiger partial charge is 0.418 e. The van der Waals surface area contributed by atoms with Gasteiger partial charge in [-0.05, 0) is 66.9 Å². The molecule has 0 saturated carbocycles. The number of esters is 1. The van der Waals surface area contributed by atoms with Crippen molar-refractivity contribution in [2.75, 3.05) is 31.1 Å². The van der Waals surface area contributed by atoms with Gasteiger partial charge in [-0.1, -0.05) is 24.3 Å². The lowest BCUT2D eigenvalue weighted by molar-refractivity contribution is -0.137. The maximum absolute atomic E-state index is 15.1. The number of para-hydroxylation sites is 1. The number of carbonyl (C=O) groups excluding carboxylic acids is 3. The molecule has 1 saturated heterocycles. The Balaban J connectivity index is 1.36. The number of ether oxygens (including phenoxy) is 2. The normalized spacial score (nSPS) is 15.9. The van der Waals surface area contributed by atoms with Crippen LogP contribution in [0.5, 0.6) is 5.75 Å². The van der Waals surface area contributed by atoms with Crippen molar-refractivity contribution >= 4 is 29.2 Å². The highest BCUT2D eigenvalue weighted by atomic mass is 19.4. The summed E-state index contributed by atoms with van der Waals surface area (Å²) in [4.78, 5) is 43.7. The van der Waals surface area contributed by atoms with E-state index in [1.54, 1.807) is 12.1 Å². The number of nitrogens with one attached hydrogen (secondary N) is 1. The molecule has 43 heavy (non-hydrogen) atoms. The second-order valence-electron chi connectivity index (χ2n) is 9.58. The standard InChI is InChI=1S/C30H29F4N3O6/c1-41-27(39)20-11-15-22(16-12-20)43-28(31)36-17-5-8-25(36)26(38)18-19-9-13-21(14-10-19)35-29(40)37(42-2)24-7-4-3-6-23(24)30(32,33)34/h3-4,6-7,9-16,25,28H,5,8,17-18H2,1-2H3,(H,35,40)/t25-,28-/m0/s1. The van der Waals surface area contributed by atoms with Gasteiger partial charge < -0.3 is 14.8 Å². The highest BCUT2D eigenvalue weighted by Gasteiger charge is 2.37. The molecule has 13 heteroatoms. The molecule has 3 aromatic rings. The quantitative estimate of drug-likeness (QED) is 0.131. The van der Waals surface area contributed by atoms with Gasteiger partial charge in [-0.2, -0.15) is 22.6 Å². The number of Topliss-reactive ketones (excluding diaryl/α,β-unsaturated/α-hetero) is 1. The van der Waals surface area contributed by atoms with E-state index in [2.05, 4.69) is 10.1 Å². The van der Waals surface area contributed by atoms with Gasteiger partial charge in [0.25, 0.3) is 6.48 Å². The van der Waals surface area contributed by atoms with Gasteiger partial charge in [0.15, 0.2) is 5.78 Å². The first kappa shape index (κ1) is 31.4. The number of urea groups is 1. The fourth-order valence-corrected chi connectivity index (χ4v) is 4.73. The molecule has 0 aromatic heterocycles. The van der Waals surface area contributed by atoms with Crippen LogP contribution in [0.4, 0.5) is 33.7 Å². The van der Waals surface area contributed by atoms with Crippen LogP contribution in [-0.2, 0) is 27.0 Å². The summed E-state index contributed by atoms with van der Waals surface area (Å²) in [7, 11) is 2.32. The molecule has 1 aliphatic heterocycles. The van der Waals surface area contributed by atoms with Crippen molar-refractivity contribution in [3.63, 3.8) is 0 Å². The zero-order valence-corrected chi connectivity index (χ0v) is 23.3. The predicted molar refractivity (Wildman–Crippen MR) is 148 cm³/mol. The van der Waals surface area contributed by atoms with Gasteiger partial charge in [0.05, 0.1) is 37.1 Å². The summed E-state index contributed by atoms with van der Waals surface area (Å²) in [6, 6.07) is 14.8. The minimum absolute atomic E-state index is 0.0148. The topological polar surface area (TPSA) is 97.4 Å². The number of nitrogens with zero attached hydrogens (tertiary/aromatic N) is 2. The molecule has 1 heterocycles. The van der Waals surface area contributed by atoms with Gasteiger partial charge >= 0.3 is 18.2 Å². The Labute approximate surface area is 244 Å². The molecule has 4 rings (SSSR count). The SMILES string of the molecule is COC(=O)c1ccc(O[C@@H](F)N2CCC[C@H]2C(=O)Cc2ccc(NC(=O)N(OC)c3ccccc3C(F)(F)F)cc2)cc1. The zero-order chi connectivity index (χ0) is 31.1. The van der Waals surface area contributed by atoms with Crippen molar-refractivity contribution < 1.29 is 46.3 Å². The summed E-state index contributed by atoms with van der Waals surface area (Å²) in [5, 5.41) is 2.97.